The molecule has 3 saturated heterocycles. The summed E-state index contributed by atoms with van der Waals surface area (Å²) >= 11 is 5.30. The fourth-order valence-corrected chi connectivity index (χ4v) is 4.65. The summed E-state index contributed by atoms with van der Waals surface area (Å²) in [6.07, 6.45) is 8.59. The van der Waals surface area contributed by atoms with Crippen LogP contribution in [0.1, 0.15) is 51.4 Å². The third kappa shape index (κ3) is 2.95. The van der Waals surface area contributed by atoms with Crippen LogP contribution in [-0.4, -0.2) is 41.5 Å². The number of nitrogens with one attached hydrogen (secondary N) is 1. The number of hydrogen-bond donors (Lipinski definition) is 2. The molecule has 0 aromatic rings. The Balaban J connectivity index is 1.71. The Bertz CT molecular complexity index is 410. The number of nitrogens with zero attached hydrogens (tertiary/aromatic N) is 1. The lowest BCUT2D eigenvalue weighted by Crippen LogP contribution is -2.60. The third-order valence-corrected chi connectivity index (χ3v) is 6.23. The van der Waals surface area contributed by atoms with Gasteiger partial charge in [0.15, 0.2) is 0 Å². The van der Waals surface area contributed by atoms with Crippen molar-refractivity contribution in [2.45, 2.75) is 57.4 Å². The fourth-order valence-electron chi connectivity index (χ4n) is 4.35. The highest BCUT2D eigenvalue weighted by molar-refractivity contribution is 7.80. The zero-order valence-electron chi connectivity index (χ0n) is 12.8. The summed E-state index contributed by atoms with van der Waals surface area (Å²) in [6, 6.07) is 0.300. The van der Waals surface area contributed by atoms with Crippen molar-refractivity contribution in [2.75, 3.05) is 19.6 Å². The molecule has 2 bridgehead atoms. The molecule has 1 unspecified atom stereocenters. The quantitative estimate of drug-likeness (QED) is 0.617. The second-order valence-electron chi connectivity index (χ2n) is 7.08. The van der Waals surface area contributed by atoms with Crippen LogP contribution in [0.2, 0.25) is 0 Å². The van der Waals surface area contributed by atoms with E-state index < -0.39 is 5.41 Å². The second kappa shape index (κ2) is 6.21. The molecule has 21 heavy (non-hydrogen) atoms. The summed E-state index contributed by atoms with van der Waals surface area (Å²) in [7, 11) is 0. The maximum Gasteiger partial charge on any atom is 0.233 e. The zero-order chi connectivity index (χ0) is 14.9. The fraction of sp³-hybridized carbons (Fsp3) is 0.875. The minimum Gasteiger partial charge on any atom is -0.392 e. The summed E-state index contributed by atoms with van der Waals surface area (Å²) in [5, 5.41) is 3.32. The molecule has 4 fully saturated rings. The van der Waals surface area contributed by atoms with Gasteiger partial charge < -0.3 is 16.0 Å². The highest BCUT2D eigenvalue weighted by atomic mass is 32.1. The summed E-state index contributed by atoms with van der Waals surface area (Å²) < 4.78 is 0. The van der Waals surface area contributed by atoms with Crippen molar-refractivity contribution in [3.05, 3.63) is 0 Å². The number of amides is 1. The SMILES string of the molecule is NC(=S)C1(C(=O)NC2CN3CCC2CC3)CCCCCC1. The van der Waals surface area contributed by atoms with Crippen LogP contribution in [0.4, 0.5) is 0 Å². The number of fused-ring (bicyclic) bond motifs is 3. The largest absolute Gasteiger partial charge is 0.392 e. The van der Waals surface area contributed by atoms with Gasteiger partial charge in [0, 0.05) is 12.6 Å². The number of piperidine rings is 3. The molecule has 3 N–H and O–H groups in total. The Morgan fingerprint density at radius 1 is 1.14 bits per heavy atom. The minimum absolute atomic E-state index is 0.107. The Morgan fingerprint density at radius 3 is 2.24 bits per heavy atom. The Kier molecular flexibility index (Phi) is 4.50. The molecule has 0 spiro atoms. The van der Waals surface area contributed by atoms with Gasteiger partial charge in [0.05, 0.1) is 10.4 Å². The predicted octanol–water partition coefficient (Wildman–Crippen LogP) is 1.82. The molecule has 4 nitrogen and oxygen atoms in total. The van der Waals surface area contributed by atoms with E-state index in [0.717, 1.165) is 32.2 Å². The van der Waals surface area contributed by atoms with E-state index >= 15 is 0 Å². The molecule has 1 saturated carbocycles. The maximum absolute atomic E-state index is 13.0. The summed E-state index contributed by atoms with van der Waals surface area (Å²) in [4.78, 5) is 15.8. The van der Waals surface area contributed by atoms with Crippen molar-refractivity contribution in [1.82, 2.24) is 10.2 Å². The average Bonchev–Trinajstić information content (AvgIpc) is 2.75. The third-order valence-electron chi connectivity index (χ3n) is 5.84. The van der Waals surface area contributed by atoms with Crippen molar-refractivity contribution in [2.24, 2.45) is 17.1 Å². The number of carbonyl (C=O) groups is 1. The summed E-state index contributed by atoms with van der Waals surface area (Å²) in [5.41, 5.74) is 5.43. The average molecular weight is 309 g/mol. The molecule has 0 radical (unpaired) electrons. The molecule has 4 rings (SSSR count). The van der Waals surface area contributed by atoms with Gasteiger partial charge in [-0.25, -0.2) is 0 Å². The highest BCUT2D eigenvalue weighted by Gasteiger charge is 2.44. The van der Waals surface area contributed by atoms with Gasteiger partial charge in [-0.1, -0.05) is 37.9 Å². The van der Waals surface area contributed by atoms with Crippen molar-refractivity contribution in [3.63, 3.8) is 0 Å². The molecule has 3 aliphatic heterocycles. The number of rotatable bonds is 3. The van der Waals surface area contributed by atoms with Gasteiger partial charge in [-0.05, 0) is 44.7 Å². The first-order chi connectivity index (χ1) is 10.1. The number of hydrogen-bond acceptors (Lipinski definition) is 3. The number of nitrogens with two attached hydrogens (primary N) is 1. The van der Waals surface area contributed by atoms with Gasteiger partial charge in [0.25, 0.3) is 0 Å². The van der Waals surface area contributed by atoms with E-state index in [2.05, 4.69) is 10.2 Å². The van der Waals surface area contributed by atoms with E-state index in [9.17, 15) is 4.79 Å². The molecular weight excluding hydrogens is 282 g/mol. The van der Waals surface area contributed by atoms with E-state index in [-0.39, 0.29) is 5.91 Å². The Labute approximate surface area is 132 Å². The second-order valence-corrected chi connectivity index (χ2v) is 7.52. The van der Waals surface area contributed by atoms with Crippen LogP contribution in [0.15, 0.2) is 0 Å². The monoisotopic (exact) mass is 309 g/mol. The van der Waals surface area contributed by atoms with Crippen LogP contribution in [0.25, 0.3) is 0 Å². The highest BCUT2D eigenvalue weighted by Crippen LogP contribution is 2.37. The van der Waals surface area contributed by atoms with Gasteiger partial charge in [-0.3, -0.25) is 4.79 Å². The topological polar surface area (TPSA) is 58.4 Å². The number of thiocarbonyl (C=S) groups is 1. The van der Waals surface area contributed by atoms with Gasteiger partial charge in [0.1, 0.15) is 0 Å². The molecule has 1 aliphatic carbocycles. The van der Waals surface area contributed by atoms with E-state index in [4.69, 9.17) is 18.0 Å². The van der Waals surface area contributed by atoms with Crippen LogP contribution in [0.5, 0.6) is 0 Å². The first-order valence-electron chi connectivity index (χ1n) is 8.45. The molecule has 4 aliphatic rings. The molecule has 5 heteroatoms. The Morgan fingerprint density at radius 2 is 1.76 bits per heavy atom. The molecule has 118 valence electrons. The van der Waals surface area contributed by atoms with Crippen LogP contribution in [0.3, 0.4) is 0 Å². The first-order valence-corrected chi connectivity index (χ1v) is 8.86. The van der Waals surface area contributed by atoms with Gasteiger partial charge in [-0.2, -0.15) is 0 Å². The number of carbonyl (C=O) groups excluding carboxylic acids is 1. The molecule has 1 amide bonds. The lowest BCUT2D eigenvalue weighted by Gasteiger charge is -2.46. The standard InChI is InChI=1S/C16H27N3OS/c17-14(21)16(7-3-1-2-4-8-16)15(20)18-13-11-19-9-5-12(13)6-10-19/h12-13H,1-11H2,(H2,17,21)(H,18,20). The molecule has 1 atom stereocenters. The lowest BCUT2D eigenvalue weighted by molar-refractivity contribution is -0.130. The maximum atomic E-state index is 13.0. The van der Waals surface area contributed by atoms with Crippen LogP contribution >= 0.6 is 12.2 Å². The van der Waals surface area contributed by atoms with Crippen molar-refractivity contribution < 1.29 is 4.79 Å². The van der Waals surface area contributed by atoms with Crippen molar-refractivity contribution in [3.8, 4) is 0 Å². The summed E-state index contributed by atoms with van der Waals surface area (Å²) in [5.74, 6) is 0.753. The summed E-state index contributed by atoms with van der Waals surface area (Å²) in [6.45, 7) is 3.39. The first kappa shape index (κ1) is 15.2. The normalized spacial score (nSPS) is 35.0. The van der Waals surface area contributed by atoms with Crippen molar-refractivity contribution in [1.29, 1.82) is 0 Å². The predicted molar refractivity (Wildman–Crippen MR) is 88.0 cm³/mol. The Hall–Kier alpha value is -0.680. The molecule has 0 aromatic carbocycles. The van der Waals surface area contributed by atoms with Gasteiger partial charge >= 0.3 is 0 Å². The van der Waals surface area contributed by atoms with E-state index in [1.807, 2.05) is 0 Å². The van der Waals surface area contributed by atoms with Gasteiger partial charge in [-0.15, -0.1) is 0 Å². The minimum atomic E-state index is -0.585. The van der Waals surface area contributed by atoms with E-state index in [0.29, 0.717) is 16.9 Å². The van der Waals surface area contributed by atoms with E-state index in [1.165, 1.54) is 38.8 Å². The van der Waals surface area contributed by atoms with Gasteiger partial charge in [0.2, 0.25) is 5.91 Å². The van der Waals surface area contributed by atoms with Crippen LogP contribution in [-0.2, 0) is 4.79 Å². The van der Waals surface area contributed by atoms with Crippen LogP contribution < -0.4 is 11.1 Å². The van der Waals surface area contributed by atoms with E-state index in [1.54, 1.807) is 0 Å². The molecule has 3 heterocycles. The van der Waals surface area contributed by atoms with Crippen molar-refractivity contribution >= 4 is 23.1 Å². The molecular formula is C16H27N3OS. The van der Waals surface area contributed by atoms with Crippen LogP contribution in [0, 0.1) is 11.3 Å². The zero-order valence-corrected chi connectivity index (χ0v) is 13.6. The molecule has 0 aromatic heterocycles. The smallest absolute Gasteiger partial charge is 0.233 e. The lowest BCUT2D eigenvalue weighted by atomic mass is 9.77.